The van der Waals surface area contributed by atoms with Gasteiger partial charge in [0.1, 0.15) is 5.82 Å². The fourth-order valence-electron chi connectivity index (χ4n) is 2.81. The molecule has 0 N–H and O–H groups in total. The highest BCUT2D eigenvalue weighted by Crippen LogP contribution is 2.43. The van der Waals surface area contributed by atoms with Gasteiger partial charge in [-0.25, -0.2) is 15.0 Å². The highest BCUT2D eigenvalue weighted by Gasteiger charge is 2.63. The zero-order valence-corrected chi connectivity index (χ0v) is 15.3. The van der Waals surface area contributed by atoms with Crippen LogP contribution in [0.3, 0.4) is 0 Å². The van der Waals surface area contributed by atoms with Crippen molar-refractivity contribution >= 4 is 17.0 Å². The molecule has 5 nitrogen and oxygen atoms in total. The summed E-state index contributed by atoms with van der Waals surface area (Å²) >= 11 is 0. The molecule has 3 heterocycles. The molecule has 0 radical (unpaired) electrons. The first-order chi connectivity index (χ1) is 12.6. The second kappa shape index (κ2) is 6.18. The van der Waals surface area contributed by atoms with Crippen molar-refractivity contribution < 1.29 is 30.7 Å². The lowest BCUT2D eigenvalue weighted by atomic mass is 9.96. The third-order valence-electron chi connectivity index (χ3n) is 4.37. The number of hydrogen-bond donors (Lipinski definition) is 0. The normalized spacial score (nSPS) is 19.6. The minimum absolute atomic E-state index is 0.0160. The predicted molar refractivity (Wildman–Crippen MR) is 86.8 cm³/mol. The quantitative estimate of drug-likeness (QED) is 0.709. The Morgan fingerprint density at radius 2 is 1.57 bits per heavy atom. The molecular weight excluding hydrogens is 395 g/mol. The Kier molecular flexibility index (Phi) is 4.54. The van der Waals surface area contributed by atoms with Gasteiger partial charge in [-0.3, -0.25) is 0 Å². The number of nitrogens with zero attached hydrogens (tertiary/aromatic N) is 5. The fraction of sp³-hybridized carbons (Fsp3) is 0.688. The number of anilines is 1. The number of rotatable bonds is 3. The molecule has 0 saturated carbocycles. The molecule has 0 unspecified atom stereocenters. The minimum atomic E-state index is -4.42. The molecule has 2 aromatic heterocycles. The summed E-state index contributed by atoms with van der Waals surface area (Å²) in [6.45, 7) is 2.09. The Bertz CT molecular complexity index is 866. The Hall–Kier alpha value is -2.14. The highest BCUT2D eigenvalue weighted by atomic mass is 19.4. The van der Waals surface area contributed by atoms with E-state index in [9.17, 15) is 30.7 Å². The van der Waals surface area contributed by atoms with Crippen molar-refractivity contribution in [2.24, 2.45) is 0 Å². The minimum Gasteiger partial charge on any atom is -0.342 e. The van der Waals surface area contributed by atoms with Crippen LogP contribution >= 0.6 is 0 Å². The Balaban J connectivity index is 2.11. The molecular formula is C16H18F7N5. The van der Waals surface area contributed by atoms with Gasteiger partial charge < -0.3 is 9.47 Å². The number of alkyl halides is 7. The largest absolute Gasteiger partial charge is 0.390 e. The zero-order chi connectivity index (χ0) is 21.1. The molecule has 0 amide bonds. The van der Waals surface area contributed by atoms with Gasteiger partial charge in [0.2, 0.25) is 0 Å². The summed E-state index contributed by atoms with van der Waals surface area (Å²) in [5.74, 6) is -8.63. The third kappa shape index (κ3) is 3.72. The maximum atomic E-state index is 13.7. The van der Waals surface area contributed by atoms with Crippen LogP contribution in [0.2, 0.25) is 0 Å². The molecule has 2 aromatic rings. The van der Waals surface area contributed by atoms with Gasteiger partial charge in [-0.05, 0) is 0 Å². The van der Waals surface area contributed by atoms with Crippen molar-refractivity contribution in [3.8, 4) is 0 Å². The molecule has 1 aliphatic rings. The lowest BCUT2D eigenvalue weighted by molar-refractivity contribution is -0.172. The SMILES string of the molecule is CC(C)(C)c1nc(N2CC(F)(F)C(F)(F)C2)c2ncn(CCC(F)(F)F)c2n1. The Morgan fingerprint density at radius 1 is 1.00 bits per heavy atom. The number of aryl methyl sites for hydroxylation is 1. The van der Waals surface area contributed by atoms with Crippen LogP contribution in [-0.4, -0.2) is 50.6 Å². The van der Waals surface area contributed by atoms with Crippen molar-refractivity contribution in [3.63, 3.8) is 0 Å². The van der Waals surface area contributed by atoms with Gasteiger partial charge in [-0.15, -0.1) is 0 Å². The van der Waals surface area contributed by atoms with Gasteiger partial charge in [-0.1, -0.05) is 20.8 Å². The number of imidazole rings is 1. The van der Waals surface area contributed by atoms with E-state index in [0.717, 1.165) is 10.9 Å². The lowest BCUT2D eigenvalue weighted by Gasteiger charge is -2.22. The number of halogens is 7. The molecule has 0 bridgehead atoms. The topological polar surface area (TPSA) is 46.8 Å². The molecule has 156 valence electrons. The van der Waals surface area contributed by atoms with Gasteiger partial charge in [0.05, 0.1) is 25.8 Å². The van der Waals surface area contributed by atoms with Crippen LogP contribution in [0.25, 0.3) is 11.2 Å². The predicted octanol–water partition coefficient (Wildman–Crippen LogP) is 4.17. The van der Waals surface area contributed by atoms with E-state index in [-0.39, 0.29) is 22.8 Å². The summed E-state index contributed by atoms with van der Waals surface area (Å²) in [6, 6.07) is 0. The first kappa shape index (κ1) is 20.6. The van der Waals surface area contributed by atoms with E-state index in [2.05, 4.69) is 15.0 Å². The van der Waals surface area contributed by atoms with Crippen LogP contribution in [-0.2, 0) is 12.0 Å². The molecule has 0 spiro atoms. The molecule has 0 aliphatic carbocycles. The molecule has 0 atom stereocenters. The van der Waals surface area contributed by atoms with Crippen LogP contribution < -0.4 is 4.90 Å². The second-order valence-electron chi connectivity index (χ2n) is 7.86. The van der Waals surface area contributed by atoms with Gasteiger partial charge in [0.15, 0.2) is 17.0 Å². The second-order valence-corrected chi connectivity index (χ2v) is 7.86. The fourth-order valence-corrected chi connectivity index (χ4v) is 2.81. The molecule has 12 heteroatoms. The summed E-state index contributed by atoms with van der Waals surface area (Å²) in [5, 5.41) is 0. The van der Waals surface area contributed by atoms with Crippen molar-refractivity contribution in [2.45, 2.75) is 57.2 Å². The summed E-state index contributed by atoms with van der Waals surface area (Å²) in [6.07, 6.45) is -4.49. The molecule has 3 rings (SSSR count). The number of aromatic nitrogens is 4. The zero-order valence-electron chi connectivity index (χ0n) is 15.3. The van der Waals surface area contributed by atoms with E-state index >= 15 is 0 Å². The number of fused-ring (bicyclic) bond motifs is 1. The maximum Gasteiger partial charge on any atom is 0.390 e. The smallest absolute Gasteiger partial charge is 0.342 e. The van der Waals surface area contributed by atoms with Gasteiger partial charge in [0.25, 0.3) is 0 Å². The standard InChI is InChI=1S/C16H18F7N5/c1-13(2,3)12-25-10-9(24-8-27(10)5-4-16(21,22)23)11(26-12)28-6-14(17,18)15(19,20)7-28/h8H,4-7H2,1-3H3. The molecule has 1 saturated heterocycles. The summed E-state index contributed by atoms with van der Waals surface area (Å²) in [7, 11) is 0. The van der Waals surface area contributed by atoms with Gasteiger partial charge in [-0.2, -0.15) is 30.7 Å². The first-order valence-electron chi connectivity index (χ1n) is 8.41. The highest BCUT2D eigenvalue weighted by molar-refractivity contribution is 5.84. The summed E-state index contributed by atoms with van der Waals surface area (Å²) in [5.41, 5.74) is -0.811. The van der Waals surface area contributed by atoms with Crippen molar-refractivity contribution in [1.29, 1.82) is 0 Å². The van der Waals surface area contributed by atoms with Crippen LogP contribution in [0.4, 0.5) is 36.6 Å². The molecule has 0 aromatic carbocycles. The molecule has 1 fully saturated rings. The average Bonchev–Trinajstić information content (AvgIpc) is 3.01. The molecule has 1 aliphatic heterocycles. The van der Waals surface area contributed by atoms with Crippen molar-refractivity contribution in [2.75, 3.05) is 18.0 Å². The monoisotopic (exact) mass is 413 g/mol. The van der Waals surface area contributed by atoms with Gasteiger partial charge in [0, 0.05) is 12.0 Å². The van der Waals surface area contributed by atoms with Crippen molar-refractivity contribution in [1.82, 2.24) is 19.5 Å². The average molecular weight is 413 g/mol. The summed E-state index contributed by atoms with van der Waals surface area (Å²) in [4.78, 5) is 13.0. The van der Waals surface area contributed by atoms with Crippen LogP contribution in [0.15, 0.2) is 6.33 Å². The molecule has 28 heavy (non-hydrogen) atoms. The number of hydrogen-bond acceptors (Lipinski definition) is 4. The van der Waals surface area contributed by atoms with E-state index in [0.29, 0.717) is 4.90 Å². The van der Waals surface area contributed by atoms with Crippen molar-refractivity contribution in [3.05, 3.63) is 12.2 Å². The van der Waals surface area contributed by atoms with E-state index in [1.807, 2.05) is 0 Å². The van der Waals surface area contributed by atoms with Gasteiger partial charge >= 0.3 is 18.0 Å². The summed E-state index contributed by atoms with van der Waals surface area (Å²) < 4.78 is 93.5. The van der Waals surface area contributed by atoms with E-state index in [1.54, 1.807) is 20.8 Å². The Morgan fingerprint density at radius 3 is 2.07 bits per heavy atom. The van der Waals surface area contributed by atoms with E-state index in [4.69, 9.17) is 0 Å². The van der Waals surface area contributed by atoms with E-state index in [1.165, 1.54) is 0 Å². The Labute approximate surface area is 155 Å². The van der Waals surface area contributed by atoms with E-state index < -0.39 is 49.5 Å². The van der Waals surface area contributed by atoms with Crippen LogP contribution in [0, 0.1) is 0 Å². The van der Waals surface area contributed by atoms with Crippen LogP contribution in [0.5, 0.6) is 0 Å². The third-order valence-corrected chi connectivity index (χ3v) is 4.37. The van der Waals surface area contributed by atoms with Crippen LogP contribution in [0.1, 0.15) is 33.0 Å². The lowest BCUT2D eigenvalue weighted by Crippen LogP contribution is -2.38. The first-order valence-corrected chi connectivity index (χ1v) is 8.41. The maximum absolute atomic E-state index is 13.7.